The molecule has 1 heterocycles. The van der Waals surface area contributed by atoms with E-state index in [4.69, 9.17) is 4.42 Å². The van der Waals surface area contributed by atoms with Gasteiger partial charge in [0.05, 0.1) is 5.56 Å². The van der Waals surface area contributed by atoms with Crippen LogP contribution in [0.3, 0.4) is 0 Å². The molecule has 0 saturated carbocycles. The predicted octanol–water partition coefficient (Wildman–Crippen LogP) is 3.97. The second kappa shape index (κ2) is 4.84. The molecule has 3 heteroatoms. The summed E-state index contributed by atoms with van der Waals surface area (Å²) in [5.74, 6) is 1.37. The van der Waals surface area contributed by atoms with Crippen molar-refractivity contribution in [2.24, 2.45) is 0 Å². The molecule has 0 atom stereocenters. The summed E-state index contributed by atoms with van der Waals surface area (Å²) < 4.78 is 5.55. The fourth-order valence-corrected chi connectivity index (χ4v) is 2.33. The Labute approximate surface area is 112 Å². The number of ketones is 2. The quantitative estimate of drug-likeness (QED) is 0.781. The molecule has 2 aromatic rings. The summed E-state index contributed by atoms with van der Waals surface area (Å²) in [4.78, 5) is 23.0. The summed E-state index contributed by atoms with van der Waals surface area (Å²) in [6.07, 6.45) is 0. The lowest BCUT2D eigenvalue weighted by molar-refractivity contribution is 0.100. The number of carbonyl (C=O) groups is 2. The topological polar surface area (TPSA) is 47.3 Å². The molecular weight excluding hydrogens is 240 g/mol. The molecule has 0 spiro atoms. The first-order valence-electron chi connectivity index (χ1n) is 6.14. The fourth-order valence-electron chi connectivity index (χ4n) is 2.33. The molecule has 0 aliphatic rings. The van der Waals surface area contributed by atoms with Gasteiger partial charge in [-0.1, -0.05) is 24.3 Å². The molecule has 1 aromatic heterocycles. The van der Waals surface area contributed by atoms with E-state index in [1.54, 1.807) is 19.1 Å². The van der Waals surface area contributed by atoms with E-state index in [0.717, 1.165) is 16.9 Å². The number of carbonyl (C=O) groups excluding carboxylic acids is 2. The van der Waals surface area contributed by atoms with Crippen molar-refractivity contribution in [3.05, 3.63) is 46.9 Å². The van der Waals surface area contributed by atoms with Crippen molar-refractivity contribution in [1.82, 2.24) is 0 Å². The molecule has 0 aliphatic carbocycles. The van der Waals surface area contributed by atoms with E-state index in [0.29, 0.717) is 16.9 Å². The third-order valence-electron chi connectivity index (χ3n) is 3.19. The van der Waals surface area contributed by atoms with Crippen molar-refractivity contribution < 1.29 is 14.0 Å². The Morgan fingerprint density at radius 2 is 1.47 bits per heavy atom. The van der Waals surface area contributed by atoms with Crippen molar-refractivity contribution in [2.45, 2.75) is 27.7 Å². The minimum absolute atomic E-state index is 0.0139. The summed E-state index contributed by atoms with van der Waals surface area (Å²) in [6.45, 7) is 6.69. The van der Waals surface area contributed by atoms with Crippen LogP contribution in [0.25, 0.3) is 11.1 Å². The molecule has 0 aliphatic heterocycles. The maximum atomic E-state index is 11.7. The van der Waals surface area contributed by atoms with Crippen molar-refractivity contribution in [3.8, 4) is 11.1 Å². The van der Waals surface area contributed by atoms with Gasteiger partial charge in [0.1, 0.15) is 11.5 Å². The Balaban J connectivity index is 2.58. The largest absolute Gasteiger partial charge is 0.465 e. The zero-order valence-corrected chi connectivity index (χ0v) is 11.5. The summed E-state index contributed by atoms with van der Waals surface area (Å²) in [6, 6.07) is 7.23. The molecule has 1 aromatic carbocycles. The van der Waals surface area contributed by atoms with Gasteiger partial charge in [-0.15, -0.1) is 0 Å². The number of rotatable bonds is 3. The molecular formula is C16H16O3. The van der Waals surface area contributed by atoms with Crippen LogP contribution in [0.5, 0.6) is 0 Å². The minimum atomic E-state index is -0.0139. The standard InChI is InChI=1S/C16H16O3/c1-9(17)13-5-7-14(8-6-13)16-12(4)19-11(3)15(16)10(2)18/h5-8H,1-4H3. The van der Waals surface area contributed by atoms with Crippen LogP contribution in [0.1, 0.15) is 46.1 Å². The monoisotopic (exact) mass is 256 g/mol. The van der Waals surface area contributed by atoms with E-state index in [1.165, 1.54) is 13.8 Å². The second-order valence-corrected chi connectivity index (χ2v) is 4.65. The third-order valence-corrected chi connectivity index (χ3v) is 3.19. The van der Waals surface area contributed by atoms with Gasteiger partial charge in [0, 0.05) is 11.1 Å². The Bertz CT molecular complexity index is 645. The average molecular weight is 256 g/mol. The van der Waals surface area contributed by atoms with Gasteiger partial charge in [0.25, 0.3) is 0 Å². The number of furan rings is 1. The number of hydrogen-bond donors (Lipinski definition) is 0. The predicted molar refractivity (Wildman–Crippen MR) is 73.6 cm³/mol. The van der Waals surface area contributed by atoms with E-state index in [-0.39, 0.29) is 11.6 Å². The van der Waals surface area contributed by atoms with Crippen molar-refractivity contribution in [1.29, 1.82) is 0 Å². The van der Waals surface area contributed by atoms with E-state index < -0.39 is 0 Å². The Morgan fingerprint density at radius 3 is 1.95 bits per heavy atom. The van der Waals surface area contributed by atoms with Gasteiger partial charge in [0.15, 0.2) is 11.6 Å². The lowest BCUT2D eigenvalue weighted by Crippen LogP contribution is -1.96. The number of aryl methyl sites for hydroxylation is 2. The lowest BCUT2D eigenvalue weighted by Gasteiger charge is -2.04. The maximum Gasteiger partial charge on any atom is 0.163 e. The fraction of sp³-hybridized carbons (Fsp3) is 0.250. The first-order valence-corrected chi connectivity index (χ1v) is 6.14. The van der Waals surface area contributed by atoms with Crippen molar-refractivity contribution in [2.75, 3.05) is 0 Å². The number of Topliss-reactive ketones (excluding diaryl/α,β-unsaturated/α-hetero) is 2. The highest BCUT2D eigenvalue weighted by atomic mass is 16.3. The Morgan fingerprint density at radius 1 is 0.895 bits per heavy atom. The van der Waals surface area contributed by atoms with Gasteiger partial charge in [-0.25, -0.2) is 0 Å². The smallest absolute Gasteiger partial charge is 0.163 e. The van der Waals surface area contributed by atoms with Gasteiger partial charge >= 0.3 is 0 Å². The zero-order valence-electron chi connectivity index (χ0n) is 11.5. The molecule has 0 bridgehead atoms. The highest BCUT2D eigenvalue weighted by Crippen LogP contribution is 2.32. The highest BCUT2D eigenvalue weighted by molar-refractivity contribution is 6.02. The minimum Gasteiger partial charge on any atom is -0.465 e. The zero-order chi connectivity index (χ0) is 14.2. The first-order chi connectivity index (χ1) is 8.91. The third kappa shape index (κ3) is 2.36. The van der Waals surface area contributed by atoms with Gasteiger partial charge in [-0.2, -0.15) is 0 Å². The van der Waals surface area contributed by atoms with Crippen LogP contribution in [0, 0.1) is 13.8 Å². The van der Waals surface area contributed by atoms with Crippen LogP contribution >= 0.6 is 0 Å². The van der Waals surface area contributed by atoms with Crippen LogP contribution in [0.15, 0.2) is 28.7 Å². The molecule has 0 amide bonds. The molecule has 0 unspecified atom stereocenters. The van der Waals surface area contributed by atoms with Crippen LogP contribution in [-0.2, 0) is 0 Å². The van der Waals surface area contributed by atoms with Crippen LogP contribution in [-0.4, -0.2) is 11.6 Å². The molecule has 2 rings (SSSR count). The van der Waals surface area contributed by atoms with E-state index in [1.807, 2.05) is 19.1 Å². The molecule has 0 fully saturated rings. The Kier molecular flexibility index (Phi) is 3.38. The molecule has 0 radical (unpaired) electrons. The summed E-state index contributed by atoms with van der Waals surface area (Å²) in [7, 11) is 0. The summed E-state index contributed by atoms with van der Waals surface area (Å²) >= 11 is 0. The SMILES string of the molecule is CC(=O)c1ccc(-c2c(C)oc(C)c2C(C)=O)cc1. The van der Waals surface area contributed by atoms with Crippen LogP contribution in [0.2, 0.25) is 0 Å². The number of hydrogen-bond acceptors (Lipinski definition) is 3. The summed E-state index contributed by atoms with van der Waals surface area (Å²) in [5.41, 5.74) is 2.99. The molecule has 0 N–H and O–H groups in total. The molecule has 3 nitrogen and oxygen atoms in total. The van der Waals surface area contributed by atoms with Crippen LogP contribution < -0.4 is 0 Å². The maximum absolute atomic E-state index is 11.7. The van der Waals surface area contributed by atoms with Crippen molar-refractivity contribution in [3.63, 3.8) is 0 Å². The second-order valence-electron chi connectivity index (χ2n) is 4.65. The van der Waals surface area contributed by atoms with E-state index in [2.05, 4.69) is 0 Å². The molecule has 0 saturated heterocycles. The van der Waals surface area contributed by atoms with Gasteiger partial charge < -0.3 is 4.42 Å². The van der Waals surface area contributed by atoms with Gasteiger partial charge in [0.2, 0.25) is 0 Å². The normalized spacial score (nSPS) is 10.5. The number of benzene rings is 1. The molecule has 98 valence electrons. The highest BCUT2D eigenvalue weighted by Gasteiger charge is 2.19. The van der Waals surface area contributed by atoms with Crippen LogP contribution in [0.4, 0.5) is 0 Å². The van der Waals surface area contributed by atoms with Gasteiger partial charge in [-0.3, -0.25) is 9.59 Å². The molecule has 19 heavy (non-hydrogen) atoms. The lowest BCUT2D eigenvalue weighted by atomic mass is 9.97. The summed E-state index contributed by atoms with van der Waals surface area (Å²) in [5, 5.41) is 0. The first kappa shape index (κ1) is 13.3. The van der Waals surface area contributed by atoms with Gasteiger partial charge in [-0.05, 0) is 33.3 Å². The van der Waals surface area contributed by atoms with E-state index >= 15 is 0 Å². The Hall–Kier alpha value is -2.16. The average Bonchev–Trinajstić information content (AvgIpc) is 2.64. The van der Waals surface area contributed by atoms with E-state index in [9.17, 15) is 9.59 Å². The van der Waals surface area contributed by atoms with Crippen molar-refractivity contribution >= 4 is 11.6 Å².